The number of hydrogen-bond acceptors (Lipinski definition) is 2. The van der Waals surface area contributed by atoms with E-state index in [0.29, 0.717) is 12.1 Å². The monoisotopic (exact) mass is 283 g/mol. The molecule has 0 fully saturated rings. The summed E-state index contributed by atoms with van der Waals surface area (Å²) in [5.74, 6) is 0. The number of ether oxygens (including phenoxy) is 1. The van der Waals surface area contributed by atoms with E-state index in [1.54, 1.807) is 6.07 Å². The van der Waals surface area contributed by atoms with Crippen LogP contribution < -0.4 is 5.32 Å². The quantitative estimate of drug-likeness (QED) is 0.894. The normalized spacial score (nSPS) is 12.9. The minimum absolute atomic E-state index is 0. The third-order valence-corrected chi connectivity index (χ3v) is 2.45. The van der Waals surface area contributed by atoms with Crippen molar-refractivity contribution < 1.29 is 17.9 Å². The second kappa shape index (κ2) is 7.61. The van der Waals surface area contributed by atoms with Crippen molar-refractivity contribution >= 4 is 12.4 Å². The molecule has 0 saturated carbocycles. The van der Waals surface area contributed by atoms with E-state index in [1.807, 2.05) is 6.92 Å². The van der Waals surface area contributed by atoms with Gasteiger partial charge in [0.15, 0.2) is 0 Å². The first-order valence-electron chi connectivity index (χ1n) is 5.39. The SMILES string of the molecule is CCNCC(OC)c1cccc(C(F)(F)F)c1.Cl. The van der Waals surface area contributed by atoms with Gasteiger partial charge < -0.3 is 10.1 Å². The number of methoxy groups -OCH3 is 1. The first-order chi connectivity index (χ1) is 7.99. The van der Waals surface area contributed by atoms with Crippen LogP contribution in [0.2, 0.25) is 0 Å². The predicted molar refractivity (Wildman–Crippen MR) is 67.0 cm³/mol. The Balaban J connectivity index is 0.00000289. The standard InChI is InChI=1S/C12H16F3NO.ClH/c1-3-16-8-11(17-2)9-5-4-6-10(7-9)12(13,14)15;/h4-7,11,16H,3,8H2,1-2H3;1H. The molecule has 0 spiro atoms. The fourth-order valence-electron chi connectivity index (χ4n) is 1.53. The van der Waals surface area contributed by atoms with E-state index in [1.165, 1.54) is 13.2 Å². The highest BCUT2D eigenvalue weighted by molar-refractivity contribution is 5.85. The molecule has 0 saturated heterocycles. The Labute approximate surface area is 111 Å². The third-order valence-electron chi connectivity index (χ3n) is 2.45. The van der Waals surface area contributed by atoms with Gasteiger partial charge >= 0.3 is 6.18 Å². The summed E-state index contributed by atoms with van der Waals surface area (Å²) in [6, 6.07) is 5.23. The maximum Gasteiger partial charge on any atom is 0.416 e. The number of rotatable bonds is 5. The van der Waals surface area contributed by atoms with Crippen LogP contribution in [0.4, 0.5) is 13.2 Å². The van der Waals surface area contributed by atoms with E-state index in [2.05, 4.69) is 5.32 Å². The molecule has 18 heavy (non-hydrogen) atoms. The van der Waals surface area contributed by atoms with Gasteiger partial charge in [0, 0.05) is 13.7 Å². The van der Waals surface area contributed by atoms with Crippen LogP contribution in [0.25, 0.3) is 0 Å². The molecular weight excluding hydrogens is 267 g/mol. The lowest BCUT2D eigenvalue weighted by Gasteiger charge is -2.17. The molecule has 2 nitrogen and oxygen atoms in total. The van der Waals surface area contributed by atoms with Crippen molar-refractivity contribution in [1.82, 2.24) is 5.32 Å². The van der Waals surface area contributed by atoms with E-state index in [0.717, 1.165) is 18.7 Å². The second-order valence-corrected chi connectivity index (χ2v) is 3.66. The largest absolute Gasteiger partial charge is 0.416 e. The molecule has 0 radical (unpaired) electrons. The van der Waals surface area contributed by atoms with Gasteiger partial charge in [-0.2, -0.15) is 13.2 Å². The second-order valence-electron chi connectivity index (χ2n) is 3.66. The van der Waals surface area contributed by atoms with Gasteiger partial charge in [0.05, 0.1) is 11.7 Å². The molecular formula is C12H17ClF3NO. The van der Waals surface area contributed by atoms with Gasteiger partial charge in [-0.05, 0) is 24.2 Å². The van der Waals surface area contributed by atoms with Crippen molar-refractivity contribution in [2.75, 3.05) is 20.2 Å². The fraction of sp³-hybridized carbons (Fsp3) is 0.500. The number of alkyl halides is 3. The maximum absolute atomic E-state index is 12.5. The molecule has 1 N–H and O–H groups in total. The molecule has 0 aliphatic heterocycles. The Hall–Kier alpha value is -0.780. The fourth-order valence-corrected chi connectivity index (χ4v) is 1.53. The molecule has 0 aliphatic rings. The number of benzene rings is 1. The first-order valence-corrected chi connectivity index (χ1v) is 5.39. The molecule has 0 bridgehead atoms. The van der Waals surface area contributed by atoms with E-state index in [-0.39, 0.29) is 18.5 Å². The van der Waals surface area contributed by atoms with Crippen LogP contribution in [0, 0.1) is 0 Å². The number of nitrogens with one attached hydrogen (secondary N) is 1. The Bertz CT molecular complexity index is 357. The van der Waals surface area contributed by atoms with Crippen LogP contribution in [-0.4, -0.2) is 20.2 Å². The van der Waals surface area contributed by atoms with E-state index < -0.39 is 11.7 Å². The molecule has 1 aromatic rings. The highest BCUT2D eigenvalue weighted by atomic mass is 35.5. The summed E-state index contributed by atoms with van der Waals surface area (Å²) in [5.41, 5.74) is -0.114. The molecule has 1 aromatic carbocycles. The average Bonchev–Trinajstić information content (AvgIpc) is 2.29. The van der Waals surface area contributed by atoms with Crippen molar-refractivity contribution in [1.29, 1.82) is 0 Å². The predicted octanol–water partition coefficient (Wildman–Crippen LogP) is 3.42. The summed E-state index contributed by atoms with van der Waals surface area (Å²) in [5, 5.41) is 3.05. The highest BCUT2D eigenvalue weighted by Gasteiger charge is 2.30. The zero-order chi connectivity index (χ0) is 12.9. The molecule has 1 unspecified atom stereocenters. The van der Waals surface area contributed by atoms with Gasteiger partial charge in [-0.3, -0.25) is 0 Å². The van der Waals surface area contributed by atoms with Gasteiger partial charge in [-0.1, -0.05) is 19.1 Å². The molecule has 1 atom stereocenters. The first kappa shape index (κ1) is 17.2. The summed E-state index contributed by atoms with van der Waals surface area (Å²) in [4.78, 5) is 0. The molecule has 0 aromatic heterocycles. The van der Waals surface area contributed by atoms with Crippen molar-refractivity contribution in [2.45, 2.75) is 19.2 Å². The molecule has 6 heteroatoms. The molecule has 0 aliphatic carbocycles. The molecule has 1 rings (SSSR count). The number of hydrogen-bond donors (Lipinski definition) is 1. The van der Waals surface area contributed by atoms with Crippen molar-refractivity contribution in [3.63, 3.8) is 0 Å². The van der Waals surface area contributed by atoms with Crippen molar-refractivity contribution in [3.05, 3.63) is 35.4 Å². The van der Waals surface area contributed by atoms with Crippen LogP contribution >= 0.6 is 12.4 Å². The van der Waals surface area contributed by atoms with E-state index in [4.69, 9.17) is 4.74 Å². The summed E-state index contributed by atoms with van der Waals surface area (Å²) in [6.45, 7) is 3.17. The van der Waals surface area contributed by atoms with Gasteiger partial charge in [-0.25, -0.2) is 0 Å². The average molecular weight is 284 g/mol. The van der Waals surface area contributed by atoms with Crippen LogP contribution in [0.5, 0.6) is 0 Å². The van der Waals surface area contributed by atoms with Crippen LogP contribution in [0.3, 0.4) is 0 Å². The van der Waals surface area contributed by atoms with Crippen molar-refractivity contribution in [2.24, 2.45) is 0 Å². The lowest BCUT2D eigenvalue weighted by atomic mass is 10.1. The molecule has 0 amide bonds. The Morgan fingerprint density at radius 2 is 2.00 bits per heavy atom. The zero-order valence-electron chi connectivity index (χ0n) is 10.3. The summed E-state index contributed by atoms with van der Waals surface area (Å²) < 4.78 is 42.8. The smallest absolute Gasteiger partial charge is 0.375 e. The van der Waals surface area contributed by atoms with Crippen LogP contribution in [-0.2, 0) is 10.9 Å². The van der Waals surface area contributed by atoms with Gasteiger partial charge in [0.25, 0.3) is 0 Å². The Morgan fingerprint density at radius 3 is 2.50 bits per heavy atom. The van der Waals surface area contributed by atoms with Gasteiger partial charge in [-0.15, -0.1) is 12.4 Å². The van der Waals surface area contributed by atoms with Gasteiger partial charge in [0.1, 0.15) is 0 Å². The Kier molecular flexibility index (Phi) is 7.28. The summed E-state index contributed by atoms with van der Waals surface area (Å²) in [6.07, 6.45) is -4.68. The maximum atomic E-state index is 12.5. The highest BCUT2D eigenvalue weighted by Crippen LogP contribution is 2.31. The minimum Gasteiger partial charge on any atom is -0.375 e. The number of halogens is 4. The zero-order valence-corrected chi connectivity index (χ0v) is 11.1. The van der Waals surface area contributed by atoms with E-state index in [9.17, 15) is 13.2 Å². The molecule has 104 valence electrons. The topological polar surface area (TPSA) is 21.3 Å². The molecule has 0 heterocycles. The van der Waals surface area contributed by atoms with Crippen LogP contribution in [0.15, 0.2) is 24.3 Å². The number of likely N-dealkylation sites (N-methyl/N-ethyl adjacent to an activating group) is 1. The minimum atomic E-state index is -4.31. The summed E-state index contributed by atoms with van der Waals surface area (Å²) >= 11 is 0. The summed E-state index contributed by atoms with van der Waals surface area (Å²) in [7, 11) is 1.49. The van der Waals surface area contributed by atoms with Crippen molar-refractivity contribution in [3.8, 4) is 0 Å². The lowest BCUT2D eigenvalue weighted by molar-refractivity contribution is -0.137. The van der Waals surface area contributed by atoms with E-state index >= 15 is 0 Å². The third kappa shape index (κ3) is 4.84. The lowest BCUT2D eigenvalue weighted by Crippen LogP contribution is -2.22. The van der Waals surface area contributed by atoms with Crippen LogP contribution in [0.1, 0.15) is 24.2 Å². The van der Waals surface area contributed by atoms with Gasteiger partial charge in [0.2, 0.25) is 0 Å². The Morgan fingerprint density at radius 1 is 1.33 bits per heavy atom.